The van der Waals surface area contributed by atoms with Gasteiger partial charge in [0, 0.05) is 39.9 Å². The molecule has 0 amide bonds. The van der Waals surface area contributed by atoms with E-state index in [-0.39, 0.29) is 0 Å². The molecule has 8 aromatic rings. The number of nitrogens with zero attached hydrogens (tertiary/aromatic N) is 4. The first-order valence-corrected chi connectivity index (χ1v) is 19.0. The van der Waals surface area contributed by atoms with Crippen molar-refractivity contribution in [3.05, 3.63) is 223 Å². The Morgan fingerprint density at radius 1 is 0.491 bits per heavy atom. The number of allylic oxidation sites excluding steroid dienone is 5. The first-order chi connectivity index (χ1) is 28.2. The van der Waals surface area contributed by atoms with Gasteiger partial charge in [0.25, 0.3) is 0 Å². The molecule has 0 aliphatic carbocycles. The van der Waals surface area contributed by atoms with Crippen LogP contribution in [0.1, 0.15) is 16.7 Å². The molecule has 7 aromatic carbocycles. The van der Waals surface area contributed by atoms with Crippen LogP contribution in [-0.2, 0) is 0 Å². The molecule has 0 atom stereocenters. The van der Waals surface area contributed by atoms with Crippen molar-refractivity contribution < 1.29 is 4.74 Å². The Morgan fingerprint density at radius 2 is 1.12 bits per heavy atom. The van der Waals surface area contributed by atoms with Crippen LogP contribution in [0.2, 0.25) is 0 Å². The van der Waals surface area contributed by atoms with Crippen LogP contribution in [0.15, 0.2) is 221 Å². The van der Waals surface area contributed by atoms with Crippen molar-refractivity contribution >= 4 is 45.3 Å². The number of aliphatic imine (C=N–C) groups is 3. The summed E-state index contributed by atoms with van der Waals surface area (Å²) in [6.45, 7) is 0. The maximum atomic E-state index is 6.27. The van der Waals surface area contributed by atoms with Gasteiger partial charge in [0.1, 0.15) is 0 Å². The van der Waals surface area contributed by atoms with Gasteiger partial charge < -0.3 is 9.30 Å². The number of rotatable bonds is 7. The van der Waals surface area contributed by atoms with Crippen molar-refractivity contribution in [2.75, 3.05) is 7.11 Å². The van der Waals surface area contributed by atoms with Crippen molar-refractivity contribution in [2.45, 2.75) is 0 Å². The van der Waals surface area contributed by atoms with Gasteiger partial charge in [-0.05, 0) is 64.2 Å². The van der Waals surface area contributed by atoms with E-state index < -0.39 is 0 Å². The van der Waals surface area contributed by atoms with Gasteiger partial charge >= 0.3 is 0 Å². The van der Waals surface area contributed by atoms with E-state index in [0.717, 1.165) is 55.9 Å². The number of para-hydroxylation sites is 2. The van der Waals surface area contributed by atoms with Crippen LogP contribution in [0.5, 0.6) is 5.75 Å². The van der Waals surface area contributed by atoms with Crippen LogP contribution in [0.25, 0.3) is 55.3 Å². The lowest BCUT2D eigenvalue weighted by molar-refractivity contribution is 0.415. The molecule has 0 bridgehead atoms. The third-order valence-corrected chi connectivity index (χ3v) is 10.1. The predicted octanol–water partition coefficient (Wildman–Crippen LogP) is 12.6. The summed E-state index contributed by atoms with van der Waals surface area (Å²) in [5, 5.41) is 2.38. The highest BCUT2D eigenvalue weighted by molar-refractivity contribution is 6.14. The van der Waals surface area contributed by atoms with E-state index in [9.17, 15) is 0 Å². The maximum absolute atomic E-state index is 6.27. The van der Waals surface area contributed by atoms with Crippen molar-refractivity contribution in [3.8, 4) is 33.7 Å². The number of methoxy groups -OCH3 is 1. The molecule has 0 unspecified atom stereocenters. The van der Waals surface area contributed by atoms with Crippen molar-refractivity contribution in [1.82, 2.24) is 4.57 Å². The van der Waals surface area contributed by atoms with E-state index >= 15 is 0 Å². The van der Waals surface area contributed by atoms with Gasteiger partial charge in [-0.25, -0.2) is 15.0 Å². The zero-order valence-electron chi connectivity index (χ0n) is 31.4. The van der Waals surface area contributed by atoms with E-state index in [0.29, 0.717) is 11.7 Å². The van der Waals surface area contributed by atoms with Crippen molar-refractivity contribution in [1.29, 1.82) is 0 Å². The normalized spacial score (nSPS) is 17.5. The maximum Gasteiger partial charge on any atom is 0.161 e. The summed E-state index contributed by atoms with van der Waals surface area (Å²) < 4.78 is 8.59. The Labute approximate surface area is 332 Å². The molecular formula is C52H38N4O. The molecule has 9 rings (SSSR count). The van der Waals surface area contributed by atoms with Crippen LogP contribution in [0.4, 0.5) is 0 Å². The third-order valence-electron chi connectivity index (χ3n) is 10.1. The van der Waals surface area contributed by atoms with Gasteiger partial charge in [-0.1, -0.05) is 164 Å². The average molecular weight is 735 g/mol. The number of ether oxygens (including phenoxy) is 1. The molecule has 0 spiro atoms. The van der Waals surface area contributed by atoms with E-state index in [4.69, 9.17) is 19.7 Å². The summed E-state index contributed by atoms with van der Waals surface area (Å²) in [6, 6.07) is 60.8. The molecule has 0 radical (unpaired) electrons. The van der Waals surface area contributed by atoms with Gasteiger partial charge in [-0.15, -0.1) is 0 Å². The summed E-state index contributed by atoms with van der Waals surface area (Å²) in [5.74, 6) is 1.91. The predicted molar refractivity (Wildman–Crippen MR) is 239 cm³/mol. The van der Waals surface area contributed by atoms with Gasteiger partial charge in [-0.3, -0.25) is 0 Å². The smallest absolute Gasteiger partial charge is 0.161 e. The number of fused-ring (bicyclic) bond motifs is 3. The molecule has 1 aliphatic rings. The Kier molecular flexibility index (Phi) is 9.85. The first kappa shape index (κ1) is 35.1. The topological polar surface area (TPSA) is 51.2 Å². The van der Waals surface area contributed by atoms with E-state index in [2.05, 4.69) is 132 Å². The minimum Gasteiger partial charge on any atom is -0.494 e. The fraction of sp³-hybridized carbons (Fsp3) is 0.0192. The number of benzene rings is 7. The summed E-state index contributed by atoms with van der Waals surface area (Å²) in [7, 11) is 1.75. The molecule has 272 valence electrons. The molecule has 2 heterocycles. The number of hydrogen-bond acceptors (Lipinski definition) is 4. The summed E-state index contributed by atoms with van der Waals surface area (Å²) >= 11 is 0. The Hall–Kier alpha value is -7.63. The molecule has 1 aliphatic heterocycles. The van der Waals surface area contributed by atoms with E-state index in [1.54, 1.807) is 19.5 Å². The van der Waals surface area contributed by atoms with Crippen LogP contribution in [0, 0.1) is 0 Å². The largest absolute Gasteiger partial charge is 0.494 e. The lowest BCUT2D eigenvalue weighted by Crippen LogP contribution is -2.05. The van der Waals surface area contributed by atoms with E-state index in [1.165, 1.54) is 21.9 Å². The average Bonchev–Trinajstić information content (AvgIpc) is 3.61. The number of hydrogen-bond donors (Lipinski definition) is 0. The Morgan fingerprint density at radius 3 is 1.88 bits per heavy atom. The summed E-state index contributed by atoms with van der Waals surface area (Å²) in [6.07, 6.45) is 11.6. The minimum absolute atomic E-state index is 0.550. The fourth-order valence-corrected chi connectivity index (χ4v) is 7.41. The second-order valence-corrected chi connectivity index (χ2v) is 13.6. The second-order valence-electron chi connectivity index (χ2n) is 13.6. The summed E-state index contributed by atoms with van der Waals surface area (Å²) in [5.41, 5.74) is 11.5. The van der Waals surface area contributed by atoms with Crippen LogP contribution in [0.3, 0.4) is 0 Å². The molecule has 0 fully saturated rings. The monoisotopic (exact) mass is 734 g/mol. The highest BCUT2D eigenvalue weighted by Gasteiger charge is 2.19. The van der Waals surface area contributed by atoms with Crippen molar-refractivity contribution in [3.63, 3.8) is 0 Å². The molecule has 1 aromatic heterocycles. The fourth-order valence-electron chi connectivity index (χ4n) is 7.41. The number of aromatic nitrogens is 1. The highest BCUT2D eigenvalue weighted by atomic mass is 16.5. The highest BCUT2D eigenvalue weighted by Crippen LogP contribution is 2.41. The molecule has 0 saturated heterocycles. The second kappa shape index (κ2) is 16.0. The van der Waals surface area contributed by atoms with Crippen LogP contribution in [-0.4, -0.2) is 29.6 Å². The molecule has 0 saturated carbocycles. The number of amidine groups is 2. The lowest BCUT2D eigenvalue weighted by atomic mass is 10.0. The SMILES string of the molecule is COc1c(-c2ccc(C3=N/C(c4ccccc4)=N\C=C/C=C(c4ccccc4)\C=C\C=N\3)cc2)cccc1-n1c2ccccc2c2cc(-c3ccccc3)ccc21. The standard InChI is InChI=1S/C52H38N4O/c1-57-50-44(25-13-27-49(50)56-47-26-12-11-24-45(47)46-36-43(32-33-48(46)56)39-18-7-3-8-19-39)40-28-30-42(31-29-40)52-54-35-15-23-38(37-16-5-2-6-17-37)22-14-34-53-51(55-52)41-20-9-4-10-21-41/h2-36H,1H3/b22-14?,23-15+,34-14-,35-15?,38-22+,38-23?,53-34?,53-51-,54-35+,54-52?,55-51?,55-52-. The molecule has 57 heavy (non-hydrogen) atoms. The Bertz CT molecular complexity index is 2900. The minimum atomic E-state index is 0.550. The van der Waals surface area contributed by atoms with Gasteiger partial charge in [0.2, 0.25) is 0 Å². The molecule has 5 nitrogen and oxygen atoms in total. The van der Waals surface area contributed by atoms with Crippen LogP contribution < -0.4 is 4.74 Å². The van der Waals surface area contributed by atoms with Gasteiger partial charge in [-0.2, -0.15) is 0 Å². The zero-order chi connectivity index (χ0) is 38.4. The van der Waals surface area contributed by atoms with E-state index in [1.807, 2.05) is 72.8 Å². The quantitative estimate of drug-likeness (QED) is 0.161. The first-order valence-electron chi connectivity index (χ1n) is 19.0. The van der Waals surface area contributed by atoms with Gasteiger partial charge in [0.05, 0.1) is 23.8 Å². The lowest BCUT2D eigenvalue weighted by Gasteiger charge is -2.17. The Balaban J connectivity index is 1.11. The third kappa shape index (κ3) is 7.18. The van der Waals surface area contributed by atoms with Gasteiger partial charge in [0.15, 0.2) is 17.4 Å². The zero-order valence-corrected chi connectivity index (χ0v) is 31.4. The molecular weight excluding hydrogens is 697 g/mol. The van der Waals surface area contributed by atoms with Crippen molar-refractivity contribution in [2.24, 2.45) is 15.0 Å². The molecule has 0 N–H and O–H groups in total. The molecule has 5 heteroatoms. The summed E-state index contributed by atoms with van der Waals surface area (Å²) in [4.78, 5) is 14.7. The van der Waals surface area contributed by atoms with Crippen LogP contribution >= 0.6 is 0 Å².